The van der Waals surface area contributed by atoms with E-state index in [0.29, 0.717) is 0 Å². The molecule has 0 radical (unpaired) electrons. The van der Waals surface area contributed by atoms with Crippen molar-refractivity contribution >= 4 is 8.24 Å². The third kappa shape index (κ3) is 18.9. The average Bonchev–Trinajstić information content (AvgIpc) is 2.36. The molecule has 0 aliphatic rings. The molecule has 148 valence electrons. The molecule has 0 aromatic heterocycles. The van der Waals surface area contributed by atoms with Crippen LogP contribution < -0.4 is 0 Å². The van der Waals surface area contributed by atoms with Crippen molar-refractivity contribution in [2.75, 3.05) is 27.2 Å². The molecule has 0 rings (SSSR count). The van der Waals surface area contributed by atoms with Crippen LogP contribution in [0, 0.1) is 0 Å². The van der Waals surface area contributed by atoms with Crippen LogP contribution >= 0.6 is 0 Å². The molecule has 0 N–H and O–H groups in total. The summed E-state index contributed by atoms with van der Waals surface area (Å²) in [6, 6.07) is 3.96. The van der Waals surface area contributed by atoms with E-state index in [9.17, 15) is 0 Å². The van der Waals surface area contributed by atoms with Crippen molar-refractivity contribution in [3.63, 3.8) is 0 Å². The molecule has 3 nitrogen and oxygen atoms in total. The second-order valence-electron chi connectivity index (χ2n) is 8.78. The van der Waals surface area contributed by atoms with Crippen LogP contribution in [0.1, 0.15) is 68.7 Å². The Labute approximate surface area is 165 Å². The van der Waals surface area contributed by atoms with Crippen molar-refractivity contribution < 1.29 is 16.8 Å². The smallest absolute Gasteiger partial charge is 0.664 e. The molecule has 0 saturated carbocycles. The maximum absolute atomic E-state index is 4.99. The maximum atomic E-state index is 4.99. The van der Waals surface area contributed by atoms with Crippen LogP contribution in [0.5, 0.6) is 0 Å². The van der Waals surface area contributed by atoms with Crippen LogP contribution in [0.15, 0.2) is 0 Å². The first-order valence-corrected chi connectivity index (χ1v) is 11.9. The van der Waals surface area contributed by atoms with Crippen LogP contribution in [0.25, 0.3) is 10.3 Å². The first kappa shape index (κ1) is 29.4. The molecule has 0 atom stereocenters. The summed E-state index contributed by atoms with van der Waals surface area (Å²) >= 11 is 0. The molecule has 0 aromatic carbocycles. The van der Waals surface area contributed by atoms with Crippen molar-refractivity contribution in [3.8, 4) is 0 Å². The summed E-state index contributed by atoms with van der Waals surface area (Å²) < 4.78 is 0. The van der Waals surface area contributed by atoms with Gasteiger partial charge in [-0.25, -0.2) is 0 Å². The number of hydrogen-bond acceptors (Lipinski definition) is 1. The quantitative estimate of drug-likeness (QED) is 0.348. The Morgan fingerprint density at radius 1 is 0.792 bits per heavy atom. The Balaban J connectivity index is -0.000000385. The zero-order valence-corrected chi connectivity index (χ0v) is 20.5. The summed E-state index contributed by atoms with van der Waals surface area (Å²) in [6.07, 6.45) is 1.22. The van der Waals surface area contributed by atoms with Gasteiger partial charge in [0.25, 0.3) is 0 Å². The Bertz CT molecular complexity index is 259. The van der Waals surface area contributed by atoms with E-state index in [1.807, 2.05) is 0 Å². The van der Waals surface area contributed by atoms with E-state index in [2.05, 4.69) is 86.6 Å². The Morgan fingerprint density at radius 3 is 1.38 bits per heavy atom. The van der Waals surface area contributed by atoms with Crippen LogP contribution in [-0.4, -0.2) is 51.4 Å². The Morgan fingerprint density at radius 2 is 1.17 bits per heavy atom. The van der Waals surface area contributed by atoms with E-state index in [0.717, 1.165) is 6.54 Å². The molecule has 0 aliphatic carbocycles. The molecular formula is C19H45CoN3Si+. The van der Waals surface area contributed by atoms with Crippen molar-refractivity contribution in [2.24, 2.45) is 0 Å². The third-order valence-electron chi connectivity index (χ3n) is 3.86. The standard InChI is InChI=1S/C11H27N2Si.C8H18N.Co/c1-6-14(7-2,8-3)12-10-9-11-13(4)5;1-7(2,3)9-8(4,5)6;/h6-11H2,1-5H3;1-6H3;/q2*-1;+3. The van der Waals surface area contributed by atoms with Crippen LogP contribution in [0.2, 0.25) is 18.1 Å². The zero-order chi connectivity index (χ0) is 18.7. The van der Waals surface area contributed by atoms with Gasteiger partial charge in [-0.1, -0.05) is 95.1 Å². The molecule has 0 unspecified atom stereocenters. The van der Waals surface area contributed by atoms with Gasteiger partial charge in [-0.2, -0.15) is 0 Å². The van der Waals surface area contributed by atoms with Gasteiger partial charge in [-0.05, 0) is 20.6 Å². The fourth-order valence-electron chi connectivity index (χ4n) is 2.79. The topological polar surface area (TPSA) is 31.4 Å². The van der Waals surface area contributed by atoms with Gasteiger partial charge in [0.2, 0.25) is 0 Å². The number of rotatable bonds is 8. The average molecular weight is 403 g/mol. The molecule has 24 heavy (non-hydrogen) atoms. The predicted octanol–water partition coefficient (Wildman–Crippen LogP) is 6.27. The predicted molar refractivity (Wildman–Crippen MR) is 111 cm³/mol. The fourth-order valence-corrected chi connectivity index (χ4v) is 5.60. The summed E-state index contributed by atoms with van der Waals surface area (Å²) in [5.74, 6) is 0. The summed E-state index contributed by atoms with van der Waals surface area (Å²) in [5, 5.41) is 4.54. The fraction of sp³-hybridized carbons (Fsp3) is 1.00. The van der Waals surface area contributed by atoms with E-state index in [1.54, 1.807) is 0 Å². The van der Waals surface area contributed by atoms with Gasteiger partial charge >= 0.3 is 16.8 Å². The second kappa shape index (κ2) is 13.8. The van der Waals surface area contributed by atoms with Gasteiger partial charge < -0.3 is 15.2 Å². The summed E-state index contributed by atoms with van der Waals surface area (Å²) in [6.45, 7) is 21.9. The first-order valence-electron chi connectivity index (χ1n) is 9.38. The Hall–Kier alpha value is 0.603. The summed E-state index contributed by atoms with van der Waals surface area (Å²) in [5.41, 5.74) is 0.219. The number of nitrogens with zero attached hydrogens (tertiary/aromatic N) is 3. The van der Waals surface area contributed by atoms with Crippen molar-refractivity contribution in [2.45, 2.75) is 97.9 Å². The monoisotopic (exact) mass is 402 g/mol. The van der Waals surface area contributed by atoms with E-state index >= 15 is 0 Å². The largest absolute Gasteiger partial charge is 3.00 e. The minimum atomic E-state index is -1.18. The van der Waals surface area contributed by atoms with Gasteiger partial charge in [0.15, 0.2) is 0 Å². The summed E-state index contributed by atoms with van der Waals surface area (Å²) in [4.78, 5) is 7.23. The van der Waals surface area contributed by atoms with Gasteiger partial charge in [-0.3, -0.25) is 0 Å². The van der Waals surface area contributed by atoms with Gasteiger partial charge in [0, 0.05) is 0 Å². The maximum Gasteiger partial charge on any atom is 3.00 e. The number of hydrogen-bond donors (Lipinski definition) is 0. The normalized spacial score (nSPS) is 12.5. The van der Waals surface area contributed by atoms with E-state index < -0.39 is 8.24 Å². The van der Waals surface area contributed by atoms with Crippen LogP contribution in [0.4, 0.5) is 0 Å². The molecular weight excluding hydrogens is 357 g/mol. The van der Waals surface area contributed by atoms with Gasteiger partial charge in [-0.15, -0.1) is 17.6 Å². The van der Waals surface area contributed by atoms with Crippen molar-refractivity contribution in [1.82, 2.24) is 4.90 Å². The molecule has 0 spiro atoms. The molecule has 0 fully saturated rings. The molecule has 0 bridgehead atoms. The minimum absolute atomic E-state index is 0. The third-order valence-corrected chi connectivity index (χ3v) is 8.70. The van der Waals surface area contributed by atoms with E-state index in [4.69, 9.17) is 4.98 Å². The van der Waals surface area contributed by atoms with E-state index in [1.165, 1.54) is 31.1 Å². The van der Waals surface area contributed by atoms with Gasteiger partial charge in [0.1, 0.15) is 0 Å². The molecule has 5 heteroatoms. The molecule has 0 heterocycles. The van der Waals surface area contributed by atoms with Crippen molar-refractivity contribution in [3.05, 3.63) is 10.3 Å². The molecule has 0 saturated heterocycles. The zero-order valence-electron chi connectivity index (χ0n) is 18.4. The Kier molecular flexibility index (Phi) is 16.8. The SMILES string of the molecule is CC(C)(C)[N-]C(C)(C)C.CC[Si](CC)(CC)[N-]CCCN(C)C.[Co+3]. The van der Waals surface area contributed by atoms with E-state index in [-0.39, 0.29) is 27.9 Å². The molecule has 0 aromatic rings. The van der Waals surface area contributed by atoms with Crippen LogP contribution in [-0.2, 0) is 16.8 Å². The minimum Gasteiger partial charge on any atom is -0.664 e. The van der Waals surface area contributed by atoms with Gasteiger partial charge in [0.05, 0.1) is 0 Å². The molecule has 0 aliphatic heterocycles. The molecule has 0 amide bonds. The van der Waals surface area contributed by atoms with Crippen molar-refractivity contribution in [1.29, 1.82) is 0 Å². The first-order chi connectivity index (χ1) is 10.3. The summed E-state index contributed by atoms with van der Waals surface area (Å²) in [7, 11) is 3.08. The second-order valence-corrected chi connectivity index (χ2v) is 13.7. The van der Waals surface area contributed by atoms with Crippen LogP contribution in [0.3, 0.4) is 0 Å².